The monoisotopic (exact) mass is 398 g/mol. The van der Waals surface area contributed by atoms with Gasteiger partial charge in [0.05, 0.1) is 25.7 Å². The van der Waals surface area contributed by atoms with E-state index < -0.39 is 0 Å². The van der Waals surface area contributed by atoms with E-state index in [0.29, 0.717) is 39.7 Å². The first-order valence-corrected chi connectivity index (χ1v) is 9.33. The highest BCUT2D eigenvalue weighted by Gasteiger charge is 2.17. The van der Waals surface area contributed by atoms with E-state index in [1.165, 1.54) is 23.1 Å². The molecule has 2 heterocycles. The first-order chi connectivity index (χ1) is 12.1. The number of hydrogen-bond donors (Lipinski definition) is 0. The molecule has 3 aromatic rings. The summed E-state index contributed by atoms with van der Waals surface area (Å²) in [4.78, 5) is 1.14. The zero-order chi connectivity index (χ0) is 17.8. The number of halogens is 1. The van der Waals surface area contributed by atoms with E-state index in [2.05, 4.69) is 10.2 Å². The highest BCUT2D eigenvalue weighted by Crippen LogP contribution is 2.41. The lowest BCUT2D eigenvalue weighted by Crippen LogP contribution is -1.95. The van der Waals surface area contributed by atoms with Gasteiger partial charge in [-0.15, -0.1) is 21.5 Å². The van der Waals surface area contributed by atoms with Gasteiger partial charge in [-0.05, 0) is 24.3 Å². The molecule has 0 aliphatic heterocycles. The molecular formula is C16H15ClN2O4S2. The molecule has 1 aromatic carbocycles. The van der Waals surface area contributed by atoms with Crippen LogP contribution in [0.15, 0.2) is 33.9 Å². The van der Waals surface area contributed by atoms with Crippen LogP contribution in [0.4, 0.5) is 0 Å². The standard InChI is InChI=1S/C16H15ClN2O4S2/c1-20-11-6-9(7-12(21-2)14(11)22-3)15-18-19-16(23-15)24-8-10-4-5-13(17)25-10/h4-7H,8H2,1-3H3. The Balaban J connectivity index is 1.81. The van der Waals surface area contributed by atoms with Gasteiger partial charge in [0.2, 0.25) is 11.6 Å². The molecule has 25 heavy (non-hydrogen) atoms. The number of thioether (sulfide) groups is 1. The average molecular weight is 399 g/mol. The van der Waals surface area contributed by atoms with Crippen molar-refractivity contribution in [1.82, 2.24) is 10.2 Å². The van der Waals surface area contributed by atoms with Crippen molar-refractivity contribution in [3.05, 3.63) is 33.5 Å². The number of benzene rings is 1. The molecule has 0 amide bonds. The second-order valence-corrected chi connectivity index (χ2v) is 7.51. The van der Waals surface area contributed by atoms with Crippen LogP contribution in [0, 0.1) is 0 Å². The number of nitrogens with zero attached hydrogens (tertiary/aromatic N) is 2. The summed E-state index contributed by atoms with van der Waals surface area (Å²) in [6.07, 6.45) is 0. The molecule has 3 rings (SSSR count). The fraction of sp³-hybridized carbons (Fsp3) is 0.250. The Bertz CT molecular complexity index is 840. The van der Waals surface area contributed by atoms with Crippen LogP contribution in [0.1, 0.15) is 4.88 Å². The molecule has 0 radical (unpaired) electrons. The maximum absolute atomic E-state index is 5.93. The number of aromatic nitrogens is 2. The molecule has 0 aliphatic carbocycles. The molecule has 0 aliphatic rings. The van der Waals surface area contributed by atoms with Gasteiger partial charge in [0, 0.05) is 16.2 Å². The van der Waals surface area contributed by atoms with Crippen molar-refractivity contribution in [1.29, 1.82) is 0 Å². The van der Waals surface area contributed by atoms with Crippen molar-refractivity contribution in [2.45, 2.75) is 11.0 Å². The van der Waals surface area contributed by atoms with Gasteiger partial charge in [-0.2, -0.15) is 0 Å². The van der Waals surface area contributed by atoms with E-state index in [0.717, 1.165) is 9.21 Å². The maximum atomic E-state index is 5.93. The Hall–Kier alpha value is -1.90. The van der Waals surface area contributed by atoms with Crippen LogP contribution in [0.2, 0.25) is 4.34 Å². The Kier molecular flexibility index (Phi) is 5.72. The zero-order valence-electron chi connectivity index (χ0n) is 13.7. The van der Waals surface area contributed by atoms with Crippen molar-refractivity contribution >= 4 is 34.7 Å². The van der Waals surface area contributed by atoms with Gasteiger partial charge in [-0.25, -0.2) is 0 Å². The molecule has 9 heteroatoms. The third kappa shape index (κ3) is 4.02. The molecule has 0 bridgehead atoms. The summed E-state index contributed by atoms with van der Waals surface area (Å²) < 4.78 is 22.5. The number of hydrogen-bond acceptors (Lipinski definition) is 8. The molecule has 0 spiro atoms. The summed E-state index contributed by atoms with van der Waals surface area (Å²) in [6.45, 7) is 0. The fourth-order valence-corrected chi connectivity index (χ4v) is 4.05. The van der Waals surface area contributed by atoms with Gasteiger partial charge >= 0.3 is 0 Å². The third-order valence-electron chi connectivity index (χ3n) is 3.28. The SMILES string of the molecule is COc1cc(-c2nnc(SCc3ccc(Cl)s3)o2)cc(OC)c1OC. The first kappa shape index (κ1) is 17.9. The van der Waals surface area contributed by atoms with E-state index in [9.17, 15) is 0 Å². The molecule has 2 aromatic heterocycles. The number of thiophene rings is 1. The Morgan fingerprint density at radius 1 is 1.08 bits per heavy atom. The summed E-state index contributed by atoms with van der Waals surface area (Å²) in [5, 5.41) is 8.65. The summed E-state index contributed by atoms with van der Waals surface area (Å²) in [6, 6.07) is 7.39. The summed E-state index contributed by atoms with van der Waals surface area (Å²) in [5.74, 6) is 2.66. The van der Waals surface area contributed by atoms with Crippen LogP contribution in [0.25, 0.3) is 11.5 Å². The third-order valence-corrected chi connectivity index (χ3v) is 5.57. The van der Waals surface area contributed by atoms with Crippen LogP contribution in [-0.2, 0) is 5.75 Å². The predicted molar refractivity (Wildman–Crippen MR) is 98.3 cm³/mol. The maximum Gasteiger partial charge on any atom is 0.277 e. The lowest BCUT2D eigenvalue weighted by Gasteiger charge is -2.12. The van der Waals surface area contributed by atoms with E-state index >= 15 is 0 Å². The van der Waals surface area contributed by atoms with Gasteiger partial charge in [-0.1, -0.05) is 23.4 Å². The predicted octanol–water partition coefficient (Wildman–Crippen LogP) is 4.77. The molecule has 0 atom stereocenters. The molecule has 0 N–H and O–H groups in total. The average Bonchev–Trinajstić information content (AvgIpc) is 3.27. The fourth-order valence-electron chi connectivity index (χ4n) is 2.15. The Labute approximate surface area is 158 Å². The second-order valence-electron chi connectivity index (χ2n) is 4.78. The normalized spacial score (nSPS) is 10.7. The van der Waals surface area contributed by atoms with Crippen LogP contribution in [0.5, 0.6) is 17.2 Å². The topological polar surface area (TPSA) is 66.6 Å². The minimum absolute atomic E-state index is 0.381. The van der Waals surface area contributed by atoms with Crippen molar-refractivity contribution in [2.75, 3.05) is 21.3 Å². The number of rotatable bonds is 7. The molecular weight excluding hydrogens is 384 g/mol. The molecule has 0 saturated heterocycles. The molecule has 6 nitrogen and oxygen atoms in total. The van der Waals surface area contributed by atoms with Crippen LogP contribution in [-0.4, -0.2) is 31.5 Å². The zero-order valence-corrected chi connectivity index (χ0v) is 16.1. The lowest BCUT2D eigenvalue weighted by molar-refractivity contribution is 0.324. The van der Waals surface area contributed by atoms with Crippen LogP contribution in [0.3, 0.4) is 0 Å². The quantitative estimate of drug-likeness (QED) is 0.531. The van der Waals surface area contributed by atoms with Gasteiger partial charge < -0.3 is 18.6 Å². The second kappa shape index (κ2) is 7.99. The van der Waals surface area contributed by atoms with E-state index in [1.54, 1.807) is 33.5 Å². The highest BCUT2D eigenvalue weighted by molar-refractivity contribution is 7.98. The summed E-state index contributed by atoms with van der Waals surface area (Å²) >= 11 is 8.92. The molecule has 132 valence electrons. The van der Waals surface area contributed by atoms with Gasteiger partial charge in [0.25, 0.3) is 5.22 Å². The largest absolute Gasteiger partial charge is 0.493 e. The summed E-state index contributed by atoms with van der Waals surface area (Å²) in [7, 11) is 4.67. The Morgan fingerprint density at radius 2 is 1.80 bits per heavy atom. The van der Waals surface area contributed by atoms with Gasteiger partial charge in [0.1, 0.15) is 0 Å². The molecule has 0 fully saturated rings. The van der Waals surface area contributed by atoms with Crippen molar-refractivity contribution in [3.63, 3.8) is 0 Å². The van der Waals surface area contributed by atoms with E-state index in [4.69, 9.17) is 30.2 Å². The van der Waals surface area contributed by atoms with Crippen molar-refractivity contribution in [3.8, 4) is 28.7 Å². The minimum Gasteiger partial charge on any atom is -0.493 e. The minimum atomic E-state index is 0.381. The molecule has 0 saturated carbocycles. The first-order valence-electron chi connectivity index (χ1n) is 7.15. The van der Waals surface area contributed by atoms with Crippen LogP contribution >= 0.6 is 34.7 Å². The lowest BCUT2D eigenvalue weighted by atomic mass is 10.2. The smallest absolute Gasteiger partial charge is 0.277 e. The number of ether oxygens (including phenoxy) is 3. The van der Waals surface area contributed by atoms with Crippen LogP contribution < -0.4 is 14.2 Å². The van der Waals surface area contributed by atoms with E-state index in [1.807, 2.05) is 12.1 Å². The molecule has 0 unspecified atom stereocenters. The van der Waals surface area contributed by atoms with Gasteiger partial charge in [-0.3, -0.25) is 0 Å². The highest BCUT2D eigenvalue weighted by atomic mass is 35.5. The van der Waals surface area contributed by atoms with Crippen molar-refractivity contribution < 1.29 is 18.6 Å². The van der Waals surface area contributed by atoms with Crippen molar-refractivity contribution in [2.24, 2.45) is 0 Å². The Morgan fingerprint density at radius 3 is 2.36 bits per heavy atom. The van der Waals surface area contributed by atoms with Gasteiger partial charge in [0.15, 0.2) is 11.5 Å². The van der Waals surface area contributed by atoms with E-state index in [-0.39, 0.29) is 0 Å². The summed E-state index contributed by atoms with van der Waals surface area (Å²) in [5.41, 5.74) is 0.688. The number of methoxy groups -OCH3 is 3.